The molecule has 278 valence electrons. The number of nitrogens with one attached hydrogen (secondary N) is 2. The minimum atomic E-state index is -0.591. The molecule has 0 radical (unpaired) electrons. The second kappa shape index (κ2) is 17.4. The Morgan fingerprint density at radius 2 is 1.43 bits per heavy atom. The Hall–Kier alpha value is -5.79. The number of benzene rings is 5. The van der Waals surface area contributed by atoms with Crippen LogP contribution < -0.4 is 20.3 Å². The van der Waals surface area contributed by atoms with Gasteiger partial charge in [0.05, 0.1) is 23.7 Å². The normalized spacial score (nSPS) is 18.8. The second-order valence-corrected chi connectivity index (χ2v) is 13.4. The molecule has 7 rings (SSSR count). The van der Waals surface area contributed by atoms with Crippen LogP contribution in [0.5, 0.6) is 11.5 Å². The van der Waals surface area contributed by atoms with E-state index in [1.807, 2.05) is 91.0 Å². The third kappa shape index (κ3) is 9.60. The molecule has 0 bridgehead atoms. The molecule has 0 aromatic heterocycles. The van der Waals surface area contributed by atoms with Crippen molar-refractivity contribution < 1.29 is 29.0 Å². The Morgan fingerprint density at radius 1 is 0.778 bits per heavy atom. The van der Waals surface area contributed by atoms with Crippen molar-refractivity contribution in [2.24, 2.45) is 0 Å². The van der Waals surface area contributed by atoms with Crippen LogP contribution in [0.3, 0.4) is 0 Å². The molecule has 3 atom stereocenters. The standard InChI is InChI=1S/C42H43N5O7/c48-29-31-8-10-32(11-9-31)40-26-39(28-45-22-24-46(25-23-45)35-16-18-36(19-17-35)47(50)51)53-41(54-40)33-12-6-30(7-13-33)27-43-42(49)44-34-14-20-38(21-15-34)52-37-4-2-1-3-5-37/h1-21,39-41,48H,22-29H2,(H2,43,44,49)/t39-,40+,41+/m0/s1. The molecule has 2 aliphatic rings. The molecule has 0 saturated carbocycles. The number of nitrogens with zero attached hydrogens (tertiary/aromatic N) is 3. The number of aliphatic hydroxyl groups excluding tert-OH is 1. The van der Waals surface area contributed by atoms with Gasteiger partial charge in [-0.1, -0.05) is 66.7 Å². The van der Waals surface area contributed by atoms with Crippen LogP contribution in [0.15, 0.2) is 127 Å². The van der Waals surface area contributed by atoms with E-state index >= 15 is 0 Å². The van der Waals surface area contributed by atoms with Crippen LogP contribution in [-0.4, -0.2) is 59.8 Å². The van der Waals surface area contributed by atoms with Crippen LogP contribution >= 0.6 is 0 Å². The number of urea groups is 1. The zero-order chi connectivity index (χ0) is 37.3. The van der Waals surface area contributed by atoms with Crippen LogP contribution in [0.4, 0.5) is 21.9 Å². The van der Waals surface area contributed by atoms with Gasteiger partial charge in [-0.05, 0) is 65.2 Å². The molecular formula is C42H43N5O7. The second-order valence-electron chi connectivity index (χ2n) is 13.4. The number of para-hydroxylation sites is 1. The Bertz CT molecular complexity index is 1970. The van der Waals surface area contributed by atoms with Gasteiger partial charge in [-0.2, -0.15) is 0 Å². The van der Waals surface area contributed by atoms with E-state index in [9.17, 15) is 20.0 Å². The molecular weight excluding hydrogens is 686 g/mol. The number of nitro groups is 1. The van der Waals surface area contributed by atoms with Crippen molar-refractivity contribution in [3.05, 3.63) is 160 Å². The largest absolute Gasteiger partial charge is 0.457 e. The highest BCUT2D eigenvalue weighted by Gasteiger charge is 2.34. The van der Waals surface area contributed by atoms with Crippen LogP contribution in [-0.2, 0) is 22.6 Å². The van der Waals surface area contributed by atoms with Gasteiger partial charge in [0.15, 0.2) is 6.29 Å². The summed E-state index contributed by atoms with van der Waals surface area (Å²) in [6.45, 7) is 4.33. The number of piperazine rings is 1. The fourth-order valence-corrected chi connectivity index (χ4v) is 6.68. The van der Waals surface area contributed by atoms with Crippen molar-refractivity contribution in [1.29, 1.82) is 0 Å². The Morgan fingerprint density at radius 3 is 2.09 bits per heavy atom. The Balaban J connectivity index is 0.941. The molecule has 0 spiro atoms. The maximum absolute atomic E-state index is 12.7. The molecule has 0 aliphatic carbocycles. The third-order valence-corrected chi connectivity index (χ3v) is 9.67. The number of rotatable bonds is 12. The van der Waals surface area contributed by atoms with E-state index in [4.69, 9.17) is 14.2 Å². The van der Waals surface area contributed by atoms with Gasteiger partial charge in [0.2, 0.25) is 0 Å². The van der Waals surface area contributed by atoms with Gasteiger partial charge in [-0.15, -0.1) is 0 Å². The van der Waals surface area contributed by atoms with Crippen LogP contribution in [0.25, 0.3) is 0 Å². The summed E-state index contributed by atoms with van der Waals surface area (Å²) in [5, 5.41) is 26.4. The molecule has 12 nitrogen and oxygen atoms in total. The van der Waals surface area contributed by atoms with Crippen LogP contribution in [0, 0.1) is 10.1 Å². The van der Waals surface area contributed by atoms with Crippen molar-refractivity contribution in [3.8, 4) is 11.5 Å². The summed E-state index contributed by atoms with van der Waals surface area (Å²) in [4.78, 5) is 28.0. The number of non-ortho nitro benzene ring substituents is 1. The van der Waals surface area contributed by atoms with Crippen LogP contribution in [0.1, 0.15) is 41.1 Å². The van der Waals surface area contributed by atoms with Crippen molar-refractivity contribution in [3.63, 3.8) is 0 Å². The lowest BCUT2D eigenvalue weighted by Gasteiger charge is -2.41. The maximum atomic E-state index is 12.7. The monoisotopic (exact) mass is 729 g/mol. The number of carbonyl (C=O) groups is 1. The average Bonchev–Trinajstić information content (AvgIpc) is 3.21. The van der Waals surface area contributed by atoms with Gasteiger partial charge in [-0.3, -0.25) is 15.0 Å². The predicted molar refractivity (Wildman–Crippen MR) is 205 cm³/mol. The summed E-state index contributed by atoms with van der Waals surface area (Å²) in [6, 6.07) is 38.8. The van der Waals surface area contributed by atoms with E-state index in [2.05, 4.69) is 20.4 Å². The third-order valence-electron chi connectivity index (χ3n) is 9.67. The van der Waals surface area contributed by atoms with Gasteiger partial charge in [0, 0.05) is 74.8 Å². The molecule has 2 amide bonds. The first-order valence-corrected chi connectivity index (χ1v) is 18.1. The lowest BCUT2D eigenvalue weighted by Crippen LogP contribution is -2.49. The molecule has 3 N–H and O–H groups in total. The summed E-state index contributed by atoms with van der Waals surface area (Å²) in [5.74, 6) is 1.42. The van der Waals surface area contributed by atoms with Crippen molar-refractivity contribution >= 4 is 23.1 Å². The van der Waals surface area contributed by atoms with Crippen molar-refractivity contribution in [2.75, 3.05) is 42.9 Å². The summed E-state index contributed by atoms with van der Waals surface area (Å²) in [6.07, 6.45) is -0.211. The molecule has 2 fully saturated rings. The van der Waals surface area contributed by atoms with E-state index in [0.717, 1.165) is 66.4 Å². The predicted octanol–water partition coefficient (Wildman–Crippen LogP) is 7.57. The SMILES string of the molecule is O=C(NCc1ccc([C@@H]2O[C@H](CN3CCN(c4ccc([N+](=O)[O-])cc4)CC3)C[C@H](c3ccc(CO)cc3)O2)cc1)Nc1ccc(Oc2ccccc2)cc1. The molecule has 5 aromatic carbocycles. The molecule has 2 heterocycles. The highest BCUT2D eigenvalue weighted by Crippen LogP contribution is 2.38. The number of anilines is 2. The molecule has 0 unspecified atom stereocenters. The number of ether oxygens (including phenoxy) is 3. The Labute approximate surface area is 314 Å². The number of aliphatic hydroxyl groups is 1. The molecule has 2 aliphatic heterocycles. The number of carbonyl (C=O) groups excluding carboxylic acids is 1. The molecule has 12 heteroatoms. The minimum Gasteiger partial charge on any atom is -0.457 e. The van der Waals surface area contributed by atoms with E-state index < -0.39 is 6.29 Å². The van der Waals surface area contributed by atoms with Crippen molar-refractivity contribution in [2.45, 2.75) is 38.1 Å². The fourth-order valence-electron chi connectivity index (χ4n) is 6.68. The van der Waals surface area contributed by atoms with Gasteiger partial charge >= 0.3 is 6.03 Å². The zero-order valence-corrected chi connectivity index (χ0v) is 29.8. The van der Waals surface area contributed by atoms with Gasteiger partial charge < -0.3 is 34.9 Å². The molecule has 5 aromatic rings. The zero-order valence-electron chi connectivity index (χ0n) is 29.8. The highest BCUT2D eigenvalue weighted by atomic mass is 16.7. The van der Waals surface area contributed by atoms with Gasteiger partial charge in [0.1, 0.15) is 11.5 Å². The minimum absolute atomic E-state index is 0.0212. The Kier molecular flexibility index (Phi) is 11.8. The fraction of sp³-hybridized carbons (Fsp3) is 0.262. The molecule has 2 saturated heterocycles. The average molecular weight is 730 g/mol. The number of hydrogen-bond acceptors (Lipinski definition) is 9. The van der Waals surface area contributed by atoms with E-state index in [1.54, 1.807) is 36.4 Å². The number of amides is 2. The topological polar surface area (TPSA) is 139 Å². The van der Waals surface area contributed by atoms with E-state index in [0.29, 0.717) is 24.4 Å². The first-order valence-electron chi connectivity index (χ1n) is 18.1. The first-order chi connectivity index (χ1) is 26.4. The molecule has 54 heavy (non-hydrogen) atoms. The van der Waals surface area contributed by atoms with Gasteiger partial charge in [0.25, 0.3) is 5.69 Å². The number of hydrogen-bond donors (Lipinski definition) is 3. The lowest BCUT2D eigenvalue weighted by molar-refractivity contribution is -0.384. The van der Waals surface area contributed by atoms with E-state index in [1.165, 1.54) is 0 Å². The smallest absolute Gasteiger partial charge is 0.319 e. The van der Waals surface area contributed by atoms with Crippen molar-refractivity contribution in [1.82, 2.24) is 10.2 Å². The van der Waals surface area contributed by atoms with E-state index in [-0.39, 0.29) is 35.5 Å². The van der Waals surface area contributed by atoms with Crippen LogP contribution in [0.2, 0.25) is 0 Å². The quantitative estimate of drug-likeness (QED) is 0.0877. The van der Waals surface area contributed by atoms with Gasteiger partial charge in [-0.25, -0.2) is 4.79 Å². The summed E-state index contributed by atoms with van der Waals surface area (Å²) < 4.78 is 19.0. The summed E-state index contributed by atoms with van der Waals surface area (Å²) in [5.41, 5.74) is 5.39. The maximum Gasteiger partial charge on any atom is 0.319 e. The lowest BCUT2D eigenvalue weighted by atomic mass is 9.99. The highest BCUT2D eigenvalue weighted by molar-refractivity contribution is 5.89. The number of nitro benzene ring substituents is 1. The summed E-state index contributed by atoms with van der Waals surface area (Å²) >= 11 is 0. The summed E-state index contributed by atoms with van der Waals surface area (Å²) in [7, 11) is 0. The first kappa shape index (κ1) is 36.6.